The molecular weight excluding hydrogens is 535 g/mol. The monoisotopic (exact) mass is 576 g/mol. The first kappa shape index (κ1) is 28.5. The summed E-state index contributed by atoms with van der Waals surface area (Å²) in [7, 11) is -6.51. The van der Waals surface area contributed by atoms with Gasteiger partial charge in [-0.05, 0) is 84.7 Å². The second-order valence-corrected chi connectivity index (χ2v) is 15.5. The summed E-state index contributed by atoms with van der Waals surface area (Å²) in [5.74, 6) is 1.39. The molecule has 2 aromatic carbocycles. The molecule has 0 bridgehead atoms. The maximum atomic E-state index is 13.7. The second-order valence-electron chi connectivity index (χ2n) is 11.6. The lowest BCUT2D eigenvalue weighted by atomic mass is 9.90. The first-order valence-corrected chi connectivity index (χ1v) is 17.6. The van der Waals surface area contributed by atoms with Gasteiger partial charge >= 0.3 is 7.52 Å². The van der Waals surface area contributed by atoms with Gasteiger partial charge in [-0.25, -0.2) is 8.42 Å². The summed E-state index contributed by atoms with van der Waals surface area (Å²) in [6.07, 6.45) is 4.55. The van der Waals surface area contributed by atoms with Gasteiger partial charge < -0.3 is 19.1 Å². The number of rotatable bonds is 10. The topological polar surface area (TPSA) is 103 Å². The zero-order valence-corrected chi connectivity index (χ0v) is 24.9. The fourth-order valence-corrected chi connectivity index (χ4v) is 9.38. The standard InChI is InChI=1S/C29H41N2O6PS/c1-20(2)27-15-23(16-28-29(27)37-38(32,30-28)18-22-9-12-35-13-10-22)14-21(3)24-6-4-7-25(17-24)31-39(33,34)19-26-8-5-11-36-26/h4,6-7,15-17,20-22,26,31H,5,8-14,18-19H2,1-3H3,(H,30,32)/t21?,26-,38?/m1/s1. The van der Waals surface area contributed by atoms with Crippen LogP contribution in [0.1, 0.15) is 75.0 Å². The Morgan fingerprint density at radius 3 is 2.59 bits per heavy atom. The van der Waals surface area contributed by atoms with E-state index >= 15 is 0 Å². The average Bonchev–Trinajstić information content (AvgIpc) is 3.50. The molecule has 3 atom stereocenters. The predicted molar refractivity (Wildman–Crippen MR) is 156 cm³/mol. The smallest absolute Gasteiger partial charge is 0.341 e. The summed E-state index contributed by atoms with van der Waals surface area (Å²) in [5, 5.41) is 3.28. The van der Waals surface area contributed by atoms with Crippen LogP contribution in [0.5, 0.6) is 5.75 Å². The van der Waals surface area contributed by atoms with Crippen LogP contribution in [0.4, 0.5) is 11.4 Å². The van der Waals surface area contributed by atoms with Crippen molar-refractivity contribution in [1.82, 2.24) is 0 Å². The molecule has 2 fully saturated rings. The van der Waals surface area contributed by atoms with Gasteiger partial charge in [0.25, 0.3) is 0 Å². The van der Waals surface area contributed by atoms with Crippen LogP contribution in [0.2, 0.25) is 0 Å². The molecular formula is C29H41N2O6PS. The van der Waals surface area contributed by atoms with E-state index in [1.165, 1.54) is 0 Å². The fourth-order valence-electron chi connectivity index (χ4n) is 5.77. The molecule has 0 spiro atoms. The van der Waals surface area contributed by atoms with E-state index in [2.05, 4.69) is 42.7 Å². The highest BCUT2D eigenvalue weighted by Gasteiger charge is 2.38. The Labute approximate surface area is 232 Å². The number of hydrogen-bond acceptors (Lipinski definition) is 6. The fraction of sp³-hybridized carbons (Fsp3) is 0.586. The minimum absolute atomic E-state index is 0.0205. The van der Waals surface area contributed by atoms with Crippen molar-refractivity contribution in [2.45, 2.75) is 70.8 Å². The third-order valence-electron chi connectivity index (χ3n) is 7.87. The van der Waals surface area contributed by atoms with E-state index in [9.17, 15) is 13.0 Å². The highest BCUT2D eigenvalue weighted by atomic mass is 32.2. The number of fused-ring (bicyclic) bond motifs is 1. The van der Waals surface area contributed by atoms with Gasteiger partial charge in [-0.15, -0.1) is 0 Å². The zero-order chi connectivity index (χ0) is 27.6. The Bertz CT molecular complexity index is 1320. The minimum atomic E-state index is -3.49. The van der Waals surface area contributed by atoms with Gasteiger partial charge in [0.15, 0.2) is 5.75 Å². The van der Waals surface area contributed by atoms with Crippen molar-refractivity contribution >= 4 is 28.9 Å². The molecule has 39 heavy (non-hydrogen) atoms. The number of ether oxygens (including phenoxy) is 2. The van der Waals surface area contributed by atoms with Gasteiger partial charge in [0.1, 0.15) is 0 Å². The SMILES string of the molecule is CC(C)c1cc(CC(C)c2cccc(NS(=O)(=O)C[C@H]3CCCO3)c2)cc2c1OP(=O)(CC1CCOCC1)N2. The molecule has 3 aliphatic heterocycles. The Morgan fingerprint density at radius 2 is 1.87 bits per heavy atom. The molecule has 10 heteroatoms. The van der Waals surface area contributed by atoms with Crippen LogP contribution in [-0.2, 0) is 30.5 Å². The summed E-state index contributed by atoms with van der Waals surface area (Å²) in [6, 6.07) is 11.9. The van der Waals surface area contributed by atoms with Gasteiger partial charge in [-0.1, -0.05) is 39.0 Å². The van der Waals surface area contributed by atoms with Crippen LogP contribution in [0.3, 0.4) is 0 Å². The lowest BCUT2D eigenvalue weighted by Gasteiger charge is -2.24. The normalized spacial score (nSPS) is 24.3. The first-order chi connectivity index (χ1) is 18.6. The molecule has 8 nitrogen and oxygen atoms in total. The number of anilines is 2. The van der Waals surface area contributed by atoms with Crippen molar-refractivity contribution in [2.24, 2.45) is 5.92 Å². The minimum Gasteiger partial charge on any atom is -0.426 e. The largest absolute Gasteiger partial charge is 0.426 e. The van der Waals surface area contributed by atoms with Gasteiger partial charge in [-0.2, -0.15) is 0 Å². The molecule has 0 aromatic heterocycles. The summed E-state index contributed by atoms with van der Waals surface area (Å²) < 4.78 is 58.9. The third kappa shape index (κ3) is 7.18. The molecule has 2 aromatic rings. The number of benzene rings is 2. The molecule has 0 saturated carbocycles. The summed E-state index contributed by atoms with van der Waals surface area (Å²) in [5.41, 5.74) is 4.62. The van der Waals surface area contributed by atoms with E-state index in [-0.39, 0.29) is 23.7 Å². The zero-order valence-electron chi connectivity index (χ0n) is 23.1. The maximum absolute atomic E-state index is 13.7. The van der Waals surface area contributed by atoms with Crippen molar-refractivity contribution in [3.8, 4) is 5.75 Å². The van der Waals surface area contributed by atoms with Crippen LogP contribution in [-0.4, -0.2) is 46.3 Å². The molecule has 0 amide bonds. The Hall–Kier alpha value is -2.06. The molecule has 0 aliphatic carbocycles. The summed E-state index contributed by atoms with van der Waals surface area (Å²) in [4.78, 5) is 0. The molecule has 3 aliphatic rings. The number of hydrogen-bond donors (Lipinski definition) is 2. The lowest BCUT2D eigenvalue weighted by Crippen LogP contribution is -2.25. The molecule has 3 heterocycles. The second kappa shape index (κ2) is 11.8. The van der Waals surface area contributed by atoms with Gasteiger partial charge in [0.05, 0.1) is 23.7 Å². The van der Waals surface area contributed by atoms with E-state index in [0.717, 1.165) is 60.2 Å². The van der Waals surface area contributed by atoms with E-state index in [1.54, 1.807) is 6.07 Å². The lowest BCUT2D eigenvalue weighted by molar-refractivity contribution is 0.0719. The average molecular weight is 577 g/mol. The van der Waals surface area contributed by atoms with Crippen LogP contribution in [0.15, 0.2) is 36.4 Å². The van der Waals surface area contributed by atoms with Crippen molar-refractivity contribution in [1.29, 1.82) is 0 Å². The number of nitrogens with one attached hydrogen (secondary N) is 2. The van der Waals surface area contributed by atoms with Crippen LogP contribution in [0, 0.1) is 5.92 Å². The van der Waals surface area contributed by atoms with Crippen molar-refractivity contribution in [3.63, 3.8) is 0 Å². The first-order valence-electron chi connectivity index (χ1n) is 14.1. The van der Waals surface area contributed by atoms with E-state index in [0.29, 0.717) is 37.6 Å². The Morgan fingerprint density at radius 1 is 1.08 bits per heavy atom. The molecule has 2 N–H and O–H groups in total. The van der Waals surface area contributed by atoms with Crippen molar-refractivity contribution < 1.29 is 27.0 Å². The highest BCUT2D eigenvalue weighted by Crippen LogP contribution is 2.59. The quantitative estimate of drug-likeness (QED) is 0.311. The van der Waals surface area contributed by atoms with E-state index in [4.69, 9.17) is 14.0 Å². The van der Waals surface area contributed by atoms with Crippen LogP contribution in [0.25, 0.3) is 0 Å². The van der Waals surface area contributed by atoms with E-state index < -0.39 is 17.5 Å². The van der Waals surface area contributed by atoms with E-state index in [1.807, 2.05) is 18.2 Å². The Balaban J connectivity index is 1.29. The third-order valence-corrected chi connectivity index (χ3v) is 11.3. The highest BCUT2D eigenvalue weighted by molar-refractivity contribution is 7.92. The summed E-state index contributed by atoms with van der Waals surface area (Å²) in [6.45, 7) is 8.45. The van der Waals surface area contributed by atoms with Gasteiger partial charge in [0, 0.05) is 25.5 Å². The molecule has 2 unspecified atom stereocenters. The van der Waals surface area contributed by atoms with Crippen LogP contribution < -0.4 is 14.3 Å². The summed E-state index contributed by atoms with van der Waals surface area (Å²) >= 11 is 0. The predicted octanol–water partition coefficient (Wildman–Crippen LogP) is 6.50. The molecule has 2 saturated heterocycles. The number of sulfonamides is 1. The molecule has 5 rings (SSSR count). The van der Waals surface area contributed by atoms with Gasteiger partial charge in [-0.3, -0.25) is 9.29 Å². The molecule has 214 valence electrons. The van der Waals surface area contributed by atoms with Crippen LogP contribution >= 0.6 is 7.52 Å². The van der Waals surface area contributed by atoms with Gasteiger partial charge in [0.2, 0.25) is 10.0 Å². The maximum Gasteiger partial charge on any atom is 0.341 e. The van der Waals surface area contributed by atoms with Crippen molar-refractivity contribution in [2.75, 3.05) is 41.5 Å². The van der Waals surface area contributed by atoms with Crippen molar-refractivity contribution in [3.05, 3.63) is 53.1 Å². The Kier molecular flexibility index (Phi) is 8.62. The molecule has 0 radical (unpaired) electrons.